The predicted octanol–water partition coefficient (Wildman–Crippen LogP) is 4.02. The zero-order valence-electron chi connectivity index (χ0n) is 14.3. The molecule has 1 N–H and O–H groups in total. The second kappa shape index (κ2) is 7.10. The van der Waals surface area contributed by atoms with E-state index in [9.17, 15) is 22.8 Å². The number of ether oxygens (including phenoxy) is 1. The average molecular weight is 398 g/mol. The SMILES string of the molecule is O=C(COC(=O)C[C@H]1C[C@@H]2CC[C@@H]1C2)Nc1nc2c(F)c(F)c(F)cc2s1. The monoisotopic (exact) mass is 398 g/mol. The average Bonchev–Trinajstić information content (AvgIpc) is 3.33. The molecule has 0 spiro atoms. The van der Waals surface area contributed by atoms with Crippen LogP contribution in [0.1, 0.15) is 32.1 Å². The Balaban J connectivity index is 1.31. The molecule has 27 heavy (non-hydrogen) atoms. The Morgan fingerprint density at radius 1 is 1.22 bits per heavy atom. The molecule has 2 aliphatic rings. The molecule has 1 aromatic carbocycles. The van der Waals surface area contributed by atoms with Gasteiger partial charge in [0.15, 0.2) is 29.2 Å². The summed E-state index contributed by atoms with van der Waals surface area (Å²) in [4.78, 5) is 27.6. The molecule has 144 valence electrons. The Labute approximate surface area is 156 Å². The second-order valence-electron chi connectivity index (χ2n) is 7.20. The van der Waals surface area contributed by atoms with Gasteiger partial charge < -0.3 is 4.74 Å². The van der Waals surface area contributed by atoms with E-state index in [1.807, 2.05) is 0 Å². The molecule has 1 aromatic heterocycles. The van der Waals surface area contributed by atoms with Crippen LogP contribution in [0.15, 0.2) is 6.07 Å². The highest BCUT2D eigenvalue weighted by Gasteiger charge is 2.40. The summed E-state index contributed by atoms with van der Waals surface area (Å²) < 4.78 is 45.2. The van der Waals surface area contributed by atoms with Crippen LogP contribution >= 0.6 is 11.3 Å². The van der Waals surface area contributed by atoms with Gasteiger partial charge in [-0.05, 0) is 43.1 Å². The van der Waals surface area contributed by atoms with E-state index in [0.717, 1.165) is 29.7 Å². The van der Waals surface area contributed by atoms with Crippen LogP contribution in [0, 0.1) is 35.2 Å². The van der Waals surface area contributed by atoms with Crippen LogP contribution in [0.5, 0.6) is 0 Å². The number of hydrogen-bond acceptors (Lipinski definition) is 5. The van der Waals surface area contributed by atoms with Crippen LogP contribution in [0.4, 0.5) is 18.3 Å². The van der Waals surface area contributed by atoms with Crippen LogP contribution in [-0.2, 0) is 14.3 Å². The van der Waals surface area contributed by atoms with Gasteiger partial charge in [-0.3, -0.25) is 14.9 Å². The van der Waals surface area contributed by atoms with Gasteiger partial charge in [-0.15, -0.1) is 0 Å². The minimum atomic E-state index is -1.61. The Morgan fingerprint density at radius 3 is 2.74 bits per heavy atom. The normalized spacial score (nSPS) is 23.7. The summed E-state index contributed by atoms with van der Waals surface area (Å²) in [5.74, 6) is -3.73. The van der Waals surface area contributed by atoms with Crippen molar-refractivity contribution in [1.29, 1.82) is 0 Å². The standard InChI is InChI=1S/C18H17F3N2O3S/c19-11-6-12-17(16(21)15(11)20)23-18(27-12)22-13(24)7-26-14(25)5-10-4-8-1-2-9(10)3-8/h6,8-10H,1-5,7H2,(H,22,23,24)/t8-,9-,10-/m1/s1. The van der Waals surface area contributed by atoms with Crippen molar-refractivity contribution in [2.24, 2.45) is 17.8 Å². The Kier molecular flexibility index (Phi) is 4.79. The minimum absolute atomic E-state index is 0.0250. The number of nitrogens with one attached hydrogen (secondary N) is 1. The van der Waals surface area contributed by atoms with Crippen LogP contribution in [0.2, 0.25) is 0 Å². The van der Waals surface area contributed by atoms with Gasteiger partial charge >= 0.3 is 5.97 Å². The highest BCUT2D eigenvalue weighted by atomic mass is 32.1. The number of amides is 1. The molecule has 1 amide bonds. The van der Waals surface area contributed by atoms with Crippen molar-refractivity contribution in [3.63, 3.8) is 0 Å². The lowest BCUT2D eigenvalue weighted by molar-refractivity contribution is -0.148. The lowest BCUT2D eigenvalue weighted by atomic mass is 9.86. The number of aromatic nitrogens is 1. The summed E-state index contributed by atoms with van der Waals surface area (Å²) in [6, 6.07) is 0.816. The van der Waals surface area contributed by atoms with E-state index < -0.39 is 35.9 Å². The zero-order valence-corrected chi connectivity index (χ0v) is 15.1. The molecule has 9 heteroatoms. The maximum absolute atomic E-state index is 13.7. The third-order valence-electron chi connectivity index (χ3n) is 5.45. The first-order chi connectivity index (χ1) is 12.9. The Hall–Kier alpha value is -2.16. The molecule has 2 aromatic rings. The van der Waals surface area contributed by atoms with Crippen LogP contribution in [-0.4, -0.2) is 23.5 Å². The van der Waals surface area contributed by atoms with Gasteiger partial charge in [0.1, 0.15) is 5.52 Å². The van der Waals surface area contributed by atoms with Gasteiger partial charge in [-0.1, -0.05) is 17.8 Å². The molecule has 2 bridgehead atoms. The van der Waals surface area contributed by atoms with Gasteiger partial charge in [0.25, 0.3) is 5.91 Å². The molecule has 0 unspecified atom stereocenters. The van der Waals surface area contributed by atoms with Crippen molar-refractivity contribution >= 4 is 38.6 Å². The first-order valence-electron chi connectivity index (χ1n) is 8.80. The van der Waals surface area contributed by atoms with E-state index in [1.54, 1.807) is 0 Å². The van der Waals surface area contributed by atoms with Gasteiger partial charge in [-0.25, -0.2) is 18.2 Å². The first kappa shape index (κ1) is 18.2. The molecule has 4 rings (SSSR count). The maximum Gasteiger partial charge on any atom is 0.306 e. The molecule has 2 saturated carbocycles. The fourth-order valence-electron chi connectivity index (χ4n) is 4.23. The van der Waals surface area contributed by atoms with E-state index in [0.29, 0.717) is 18.3 Å². The largest absolute Gasteiger partial charge is 0.456 e. The summed E-state index contributed by atoms with van der Waals surface area (Å²) >= 11 is 0.801. The molecule has 0 saturated heterocycles. The third-order valence-corrected chi connectivity index (χ3v) is 6.36. The molecule has 0 aliphatic heterocycles. The number of thiazole rings is 1. The molecule has 1 heterocycles. The van der Waals surface area contributed by atoms with E-state index in [4.69, 9.17) is 4.74 Å². The number of anilines is 1. The quantitative estimate of drug-likeness (QED) is 0.610. The lowest BCUT2D eigenvalue weighted by Gasteiger charge is -2.20. The minimum Gasteiger partial charge on any atom is -0.456 e. The Morgan fingerprint density at radius 2 is 2.04 bits per heavy atom. The smallest absolute Gasteiger partial charge is 0.306 e. The van der Waals surface area contributed by atoms with Crippen molar-refractivity contribution < 1.29 is 27.5 Å². The number of hydrogen-bond donors (Lipinski definition) is 1. The van der Waals surface area contributed by atoms with E-state index in [-0.39, 0.29) is 15.3 Å². The topological polar surface area (TPSA) is 68.3 Å². The van der Waals surface area contributed by atoms with Crippen molar-refractivity contribution in [3.05, 3.63) is 23.5 Å². The highest BCUT2D eigenvalue weighted by Crippen LogP contribution is 2.49. The third kappa shape index (κ3) is 3.65. The summed E-state index contributed by atoms with van der Waals surface area (Å²) in [6.45, 7) is -0.485. The Bertz CT molecular complexity index is 917. The number of halogens is 3. The molecular weight excluding hydrogens is 381 g/mol. The first-order valence-corrected chi connectivity index (χ1v) is 9.62. The number of benzene rings is 1. The van der Waals surface area contributed by atoms with Crippen LogP contribution in [0.3, 0.4) is 0 Å². The van der Waals surface area contributed by atoms with Gasteiger partial charge in [-0.2, -0.15) is 0 Å². The molecule has 2 fully saturated rings. The van der Waals surface area contributed by atoms with Crippen LogP contribution in [0.25, 0.3) is 10.2 Å². The van der Waals surface area contributed by atoms with Gasteiger partial charge in [0, 0.05) is 6.42 Å². The number of fused-ring (bicyclic) bond motifs is 3. The fourth-order valence-corrected chi connectivity index (χ4v) is 5.13. The second-order valence-corrected chi connectivity index (χ2v) is 8.23. The maximum atomic E-state index is 13.7. The number of carbonyl (C=O) groups excluding carboxylic acids is 2. The van der Waals surface area contributed by atoms with Crippen molar-refractivity contribution in [3.8, 4) is 0 Å². The zero-order chi connectivity index (χ0) is 19.1. The summed E-state index contributed by atoms with van der Waals surface area (Å²) in [5, 5.41) is 2.33. The molecule has 2 aliphatic carbocycles. The van der Waals surface area contributed by atoms with E-state index in [2.05, 4.69) is 10.3 Å². The number of rotatable bonds is 5. The molecule has 3 atom stereocenters. The van der Waals surface area contributed by atoms with Crippen LogP contribution < -0.4 is 5.32 Å². The van der Waals surface area contributed by atoms with Gasteiger partial charge in [0.2, 0.25) is 0 Å². The van der Waals surface area contributed by atoms with Crippen molar-refractivity contribution in [2.45, 2.75) is 32.1 Å². The van der Waals surface area contributed by atoms with Crippen molar-refractivity contribution in [2.75, 3.05) is 11.9 Å². The van der Waals surface area contributed by atoms with E-state index >= 15 is 0 Å². The number of esters is 1. The predicted molar refractivity (Wildman–Crippen MR) is 92.6 cm³/mol. The molecule has 5 nitrogen and oxygen atoms in total. The fraction of sp³-hybridized carbons (Fsp3) is 0.500. The summed E-state index contributed by atoms with van der Waals surface area (Å²) in [6.07, 6.45) is 4.97. The van der Waals surface area contributed by atoms with E-state index in [1.165, 1.54) is 19.3 Å². The molecular formula is C18H17F3N2O3S. The lowest BCUT2D eigenvalue weighted by Crippen LogP contribution is -2.23. The number of nitrogens with zero attached hydrogens (tertiary/aromatic N) is 1. The summed E-state index contributed by atoms with van der Waals surface area (Å²) in [5.41, 5.74) is -0.359. The summed E-state index contributed by atoms with van der Waals surface area (Å²) in [7, 11) is 0. The highest BCUT2D eigenvalue weighted by molar-refractivity contribution is 7.22. The number of carbonyl (C=O) groups is 2. The molecule has 0 radical (unpaired) electrons. The van der Waals surface area contributed by atoms with Crippen molar-refractivity contribution in [1.82, 2.24) is 4.98 Å². The van der Waals surface area contributed by atoms with Gasteiger partial charge in [0.05, 0.1) is 4.70 Å².